The van der Waals surface area contributed by atoms with E-state index in [1.165, 1.54) is 7.11 Å². The van der Waals surface area contributed by atoms with Gasteiger partial charge in [0.2, 0.25) is 0 Å². The number of rotatable bonds is 10. The van der Waals surface area contributed by atoms with E-state index in [9.17, 15) is 27.5 Å². The first kappa shape index (κ1) is 28.1. The Balaban J connectivity index is 1.34. The summed E-state index contributed by atoms with van der Waals surface area (Å²) in [5.41, 5.74) is 1.12. The molecule has 1 aliphatic heterocycles. The fraction of sp³-hybridized carbons (Fsp3) is 0.407. The van der Waals surface area contributed by atoms with Gasteiger partial charge in [-0.25, -0.2) is 22.0 Å². The van der Waals surface area contributed by atoms with Crippen molar-refractivity contribution in [1.82, 2.24) is 9.88 Å². The summed E-state index contributed by atoms with van der Waals surface area (Å²) < 4.78 is 75.0. The third-order valence-electron chi connectivity index (χ3n) is 6.99. The van der Waals surface area contributed by atoms with E-state index in [2.05, 4.69) is 4.98 Å². The third-order valence-corrected chi connectivity index (χ3v) is 8.04. The minimum atomic E-state index is -1.73. The smallest absolute Gasteiger partial charge is 0.308 e. The van der Waals surface area contributed by atoms with Crippen molar-refractivity contribution in [2.75, 3.05) is 32.5 Å². The van der Waals surface area contributed by atoms with Crippen LogP contribution in [0.15, 0.2) is 41.4 Å². The highest BCUT2D eigenvalue weighted by Crippen LogP contribution is 2.36. The number of piperidine rings is 1. The van der Waals surface area contributed by atoms with Gasteiger partial charge < -0.3 is 14.7 Å². The Morgan fingerprint density at radius 1 is 1.18 bits per heavy atom. The number of pyridine rings is 1. The van der Waals surface area contributed by atoms with Crippen molar-refractivity contribution >= 4 is 28.6 Å². The van der Waals surface area contributed by atoms with Gasteiger partial charge >= 0.3 is 5.97 Å². The molecular weight excluding hydrogens is 527 g/mol. The maximum absolute atomic E-state index is 15.4. The highest BCUT2D eigenvalue weighted by atomic mass is 32.2. The molecule has 0 bridgehead atoms. The van der Waals surface area contributed by atoms with E-state index in [0.717, 1.165) is 0 Å². The van der Waals surface area contributed by atoms with Crippen LogP contribution in [-0.2, 0) is 4.79 Å². The molecule has 5 nitrogen and oxygen atoms in total. The molecule has 3 aromatic rings. The molecule has 11 heteroatoms. The van der Waals surface area contributed by atoms with Crippen molar-refractivity contribution in [2.24, 2.45) is 11.8 Å². The van der Waals surface area contributed by atoms with E-state index >= 15 is 4.39 Å². The number of aliphatic carboxylic acids is 1. The summed E-state index contributed by atoms with van der Waals surface area (Å²) in [6.45, 7) is 1.04. The number of carboxylic acid groups (broad SMARTS) is 1. The molecule has 0 unspecified atom stereocenters. The van der Waals surface area contributed by atoms with Crippen LogP contribution in [0.25, 0.3) is 10.9 Å². The number of halogens is 5. The summed E-state index contributed by atoms with van der Waals surface area (Å²) in [5, 5.41) is 10.5. The average molecular weight is 555 g/mol. The highest BCUT2D eigenvalue weighted by molar-refractivity contribution is 7.99. The maximum Gasteiger partial charge on any atom is 0.308 e. The van der Waals surface area contributed by atoms with Gasteiger partial charge in [0.25, 0.3) is 0 Å². The number of hydrogen-bond donors (Lipinski definition) is 1. The van der Waals surface area contributed by atoms with Crippen LogP contribution in [0, 0.1) is 35.1 Å². The number of fused-ring (bicyclic) bond motifs is 1. The van der Waals surface area contributed by atoms with Crippen LogP contribution in [-0.4, -0.2) is 53.5 Å². The molecule has 4 rings (SSSR count). The second-order valence-electron chi connectivity index (χ2n) is 9.27. The van der Waals surface area contributed by atoms with Crippen molar-refractivity contribution in [3.63, 3.8) is 0 Å². The average Bonchev–Trinajstić information content (AvgIpc) is 2.91. The van der Waals surface area contributed by atoms with Crippen molar-refractivity contribution < 1.29 is 36.6 Å². The molecule has 2 heterocycles. The normalized spacial score (nSPS) is 19.0. The third kappa shape index (κ3) is 6.20. The van der Waals surface area contributed by atoms with Crippen LogP contribution in [0.3, 0.4) is 0 Å². The Morgan fingerprint density at radius 2 is 1.97 bits per heavy atom. The molecule has 1 saturated heterocycles. The largest absolute Gasteiger partial charge is 0.497 e. The molecule has 0 radical (unpaired) electrons. The predicted molar refractivity (Wildman–Crippen MR) is 134 cm³/mol. The predicted octanol–water partition coefficient (Wildman–Crippen LogP) is 6.41. The summed E-state index contributed by atoms with van der Waals surface area (Å²) in [6, 6.07) is 7.17. The Labute approximate surface area is 221 Å². The van der Waals surface area contributed by atoms with Crippen LogP contribution in [0.1, 0.15) is 31.0 Å². The van der Waals surface area contributed by atoms with Crippen LogP contribution in [0.4, 0.5) is 22.0 Å². The summed E-state index contributed by atoms with van der Waals surface area (Å²) in [5.74, 6) is -7.30. The molecule has 0 amide bonds. The van der Waals surface area contributed by atoms with Gasteiger partial charge in [-0.3, -0.25) is 9.78 Å². The minimum Gasteiger partial charge on any atom is -0.497 e. The number of benzene rings is 2. The fourth-order valence-electron chi connectivity index (χ4n) is 4.92. The lowest BCUT2D eigenvalue weighted by Gasteiger charge is -2.36. The topological polar surface area (TPSA) is 62.7 Å². The Kier molecular flexibility index (Phi) is 9.09. The zero-order valence-electron chi connectivity index (χ0n) is 20.6. The monoisotopic (exact) mass is 554 g/mol. The second-order valence-corrected chi connectivity index (χ2v) is 10.4. The maximum atomic E-state index is 15.4. The van der Waals surface area contributed by atoms with E-state index in [1.807, 2.05) is 4.90 Å². The van der Waals surface area contributed by atoms with Gasteiger partial charge in [-0.2, -0.15) is 0 Å². The summed E-state index contributed by atoms with van der Waals surface area (Å²) in [6.07, 6.45) is 1.28. The Bertz CT molecular complexity index is 1310. The zero-order valence-corrected chi connectivity index (χ0v) is 21.4. The number of thioether (sulfide) groups is 1. The van der Waals surface area contributed by atoms with E-state index in [-0.39, 0.29) is 24.6 Å². The first-order valence-corrected chi connectivity index (χ1v) is 13.2. The van der Waals surface area contributed by atoms with E-state index in [4.69, 9.17) is 4.74 Å². The number of carbonyl (C=O) groups is 1. The molecule has 0 aliphatic carbocycles. The first-order chi connectivity index (χ1) is 18.2. The summed E-state index contributed by atoms with van der Waals surface area (Å²) in [7, 11) is 1.53. The molecule has 0 saturated carbocycles. The number of nitrogens with zero attached hydrogens (tertiary/aromatic N) is 2. The number of carboxylic acids is 1. The Morgan fingerprint density at radius 3 is 2.71 bits per heavy atom. The molecule has 0 spiro atoms. The molecular formula is C27H27F5N2O3S. The number of aromatic nitrogens is 1. The van der Waals surface area contributed by atoms with E-state index in [1.54, 1.807) is 30.5 Å². The van der Waals surface area contributed by atoms with Gasteiger partial charge in [-0.15, -0.1) is 11.8 Å². The summed E-state index contributed by atoms with van der Waals surface area (Å²) in [4.78, 5) is 17.5. The van der Waals surface area contributed by atoms with Crippen LogP contribution >= 0.6 is 11.8 Å². The first-order valence-electron chi connectivity index (χ1n) is 12.2. The molecule has 2 aromatic carbocycles. The lowest BCUT2D eigenvalue weighted by molar-refractivity contribution is -0.146. The molecule has 1 aromatic heterocycles. The summed E-state index contributed by atoms with van der Waals surface area (Å²) >= 11 is 0.706. The van der Waals surface area contributed by atoms with Gasteiger partial charge in [-0.05, 0) is 61.6 Å². The standard InChI is InChI=1S/C27H27F5N2O3S/c1-37-16-3-5-23-18(12-16)17(6-8-33-23)20(28)4-2-15-7-9-34(14-19(15)27(35)36)10-11-38-26-22(30)13-21(29)24(31)25(26)32/h3,5-6,8,12-13,15,19-20H,2,4,7,9-11,14H2,1H3,(H,35,36)/t15-,19+,20-/m1/s1. The van der Waals surface area contributed by atoms with Crippen molar-refractivity contribution in [3.8, 4) is 5.75 Å². The number of ether oxygens (including phenoxy) is 1. The molecule has 1 aliphatic rings. The number of methoxy groups -OCH3 is 1. The van der Waals surface area contributed by atoms with Gasteiger partial charge in [0, 0.05) is 36.5 Å². The van der Waals surface area contributed by atoms with Crippen molar-refractivity contribution in [1.29, 1.82) is 0 Å². The van der Waals surface area contributed by atoms with E-state index < -0.39 is 46.2 Å². The van der Waals surface area contributed by atoms with Crippen molar-refractivity contribution in [2.45, 2.75) is 30.3 Å². The SMILES string of the molecule is COc1ccc2nccc([C@H](F)CC[C@@H]3CCN(CCSc4c(F)cc(F)c(F)c4F)C[C@@H]3C(=O)O)c2c1. The van der Waals surface area contributed by atoms with Crippen molar-refractivity contribution in [3.05, 3.63) is 65.4 Å². The molecule has 204 valence electrons. The van der Waals surface area contributed by atoms with Gasteiger partial charge in [0.15, 0.2) is 17.5 Å². The highest BCUT2D eigenvalue weighted by Gasteiger charge is 2.34. The number of likely N-dealkylation sites (tertiary alicyclic amines) is 1. The fourth-order valence-corrected chi connectivity index (χ4v) is 5.88. The van der Waals surface area contributed by atoms with Crippen LogP contribution < -0.4 is 4.74 Å². The quantitative estimate of drug-likeness (QED) is 0.135. The lowest BCUT2D eigenvalue weighted by atomic mass is 9.81. The van der Waals surface area contributed by atoms with E-state index in [0.29, 0.717) is 66.0 Å². The Hall–Kier alpha value is -2.92. The van der Waals surface area contributed by atoms with Gasteiger partial charge in [0.1, 0.15) is 17.7 Å². The molecule has 3 atom stereocenters. The molecule has 1 N–H and O–H groups in total. The molecule has 38 heavy (non-hydrogen) atoms. The van der Waals surface area contributed by atoms with Crippen LogP contribution in [0.5, 0.6) is 5.75 Å². The zero-order chi connectivity index (χ0) is 27.4. The number of alkyl halides is 1. The number of hydrogen-bond acceptors (Lipinski definition) is 5. The lowest BCUT2D eigenvalue weighted by Crippen LogP contribution is -2.44. The van der Waals surface area contributed by atoms with Crippen LogP contribution in [0.2, 0.25) is 0 Å². The molecule has 1 fully saturated rings. The van der Waals surface area contributed by atoms with Gasteiger partial charge in [-0.1, -0.05) is 0 Å². The second kappa shape index (κ2) is 12.3. The minimum absolute atomic E-state index is 0.148. The van der Waals surface area contributed by atoms with Gasteiger partial charge in [0.05, 0.1) is 23.4 Å².